The van der Waals surface area contributed by atoms with Crippen LogP contribution in [-0.4, -0.2) is 24.7 Å². The highest BCUT2D eigenvalue weighted by molar-refractivity contribution is 7.92. The summed E-state index contributed by atoms with van der Waals surface area (Å²) in [6, 6.07) is 4.88. The molecule has 1 aromatic rings. The number of aliphatic carboxylic acids is 1. The zero-order valence-electron chi connectivity index (χ0n) is 9.67. The summed E-state index contributed by atoms with van der Waals surface area (Å²) in [7, 11) is -3.26. The van der Waals surface area contributed by atoms with Gasteiger partial charge in [0.2, 0.25) is 0 Å². The average Bonchev–Trinajstić information content (AvgIpc) is 2.49. The third kappa shape index (κ3) is 1.74. The summed E-state index contributed by atoms with van der Waals surface area (Å²) in [6.07, 6.45) is 0.408. The summed E-state index contributed by atoms with van der Waals surface area (Å²) in [5.74, 6) is -1.61. The van der Waals surface area contributed by atoms with Crippen molar-refractivity contribution in [2.45, 2.75) is 36.3 Å². The summed E-state index contributed by atoms with van der Waals surface area (Å²) < 4.78 is 24.0. The quantitative estimate of drug-likeness (QED) is 0.870. The molecule has 0 aromatic heterocycles. The molecule has 0 saturated carbocycles. The average molecular weight is 254 g/mol. The van der Waals surface area contributed by atoms with Gasteiger partial charge in [0.25, 0.3) is 0 Å². The van der Waals surface area contributed by atoms with Crippen LogP contribution in [0, 0.1) is 0 Å². The third-order valence-electron chi connectivity index (χ3n) is 3.33. The van der Waals surface area contributed by atoms with Crippen LogP contribution in [0.3, 0.4) is 0 Å². The number of benzene rings is 1. The van der Waals surface area contributed by atoms with Crippen molar-refractivity contribution in [2.24, 2.45) is 0 Å². The van der Waals surface area contributed by atoms with E-state index in [-0.39, 0.29) is 0 Å². The van der Waals surface area contributed by atoms with Crippen molar-refractivity contribution in [1.82, 2.24) is 0 Å². The van der Waals surface area contributed by atoms with Gasteiger partial charge >= 0.3 is 5.97 Å². The van der Waals surface area contributed by atoms with Gasteiger partial charge in [-0.15, -0.1) is 0 Å². The van der Waals surface area contributed by atoms with Crippen molar-refractivity contribution in [1.29, 1.82) is 0 Å². The van der Waals surface area contributed by atoms with E-state index in [4.69, 9.17) is 5.11 Å². The van der Waals surface area contributed by atoms with Gasteiger partial charge in [0, 0.05) is 0 Å². The normalized spacial score (nSPS) is 23.1. The Morgan fingerprint density at radius 1 is 1.47 bits per heavy atom. The predicted octanol–water partition coefficient (Wildman–Crippen LogP) is 1.59. The second kappa shape index (κ2) is 3.84. The molecule has 0 bridgehead atoms. The number of rotatable bonds is 2. The van der Waals surface area contributed by atoms with Crippen LogP contribution in [0.4, 0.5) is 0 Å². The Kier molecular flexibility index (Phi) is 2.73. The first kappa shape index (κ1) is 12.1. The van der Waals surface area contributed by atoms with Crippen molar-refractivity contribution >= 4 is 15.8 Å². The monoisotopic (exact) mass is 254 g/mol. The first-order valence-corrected chi connectivity index (χ1v) is 6.99. The molecule has 1 aliphatic heterocycles. The molecular formula is C12H14O4S. The van der Waals surface area contributed by atoms with Crippen LogP contribution in [0.15, 0.2) is 23.1 Å². The molecular weight excluding hydrogens is 240 g/mol. The standard InChI is InChI=1S/C12H14O4S/c1-7-6-10-9(8(2)12(13)14)4-3-5-11(10)17(7,15)16/h3-5,7-8H,6H2,1-2H3,(H,13,14). The van der Waals surface area contributed by atoms with Crippen LogP contribution >= 0.6 is 0 Å². The summed E-state index contributed by atoms with van der Waals surface area (Å²) in [5, 5.41) is 8.55. The molecule has 0 spiro atoms. The molecule has 0 saturated heterocycles. The van der Waals surface area contributed by atoms with Gasteiger partial charge in [-0.2, -0.15) is 0 Å². The van der Waals surface area contributed by atoms with Crippen LogP contribution in [0.25, 0.3) is 0 Å². The molecule has 92 valence electrons. The molecule has 2 rings (SSSR count). The lowest BCUT2D eigenvalue weighted by atomic mass is 9.93. The van der Waals surface area contributed by atoms with Gasteiger partial charge in [0.15, 0.2) is 9.84 Å². The van der Waals surface area contributed by atoms with Crippen LogP contribution in [-0.2, 0) is 21.1 Å². The zero-order chi connectivity index (χ0) is 12.8. The van der Waals surface area contributed by atoms with E-state index in [1.807, 2.05) is 0 Å². The van der Waals surface area contributed by atoms with Crippen LogP contribution < -0.4 is 0 Å². The molecule has 0 aliphatic carbocycles. The van der Waals surface area contributed by atoms with Gasteiger partial charge in [-0.05, 0) is 37.5 Å². The number of carbonyl (C=O) groups is 1. The fraction of sp³-hybridized carbons (Fsp3) is 0.417. The summed E-state index contributed by atoms with van der Waals surface area (Å²) in [6.45, 7) is 3.23. The highest BCUT2D eigenvalue weighted by Gasteiger charge is 2.36. The van der Waals surface area contributed by atoms with Crippen molar-refractivity contribution in [3.05, 3.63) is 29.3 Å². The van der Waals surface area contributed by atoms with Gasteiger partial charge in [0.1, 0.15) is 0 Å². The lowest BCUT2D eigenvalue weighted by Crippen LogP contribution is -2.11. The van der Waals surface area contributed by atoms with E-state index in [2.05, 4.69) is 0 Å². The molecule has 2 unspecified atom stereocenters. The molecule has 5 heteroatoms. The van der Waals surface area contributed by atoms with Crippen molar-refractivity contribution in [3.8, 4) is 0 Å². The Hall–Kier alpha value is -1.36. The molecule has 2 atom stereocenters. The Bertz CT molecular complexity index is 574. The lowest BCUT2D eigenvalue weighted by molar-refractivity contribution is -0.138. The predicted molar refractivity (Wildman–Crippen MR) is 62.8 cm³/mol. The topological polar surface area (TPSA) is 71.4 Å². The lowest BCUT2D eigenvalue weighted by Gasteiger charge is -2.11. The molecule has 17 heavy (non-hydrogen) atoms. The van der Waals surface area contributed by atoms with E-state index >= 15 is 0 Å². The van der Waals surface area contributed by atoms with Crippen LogP contribution in [0.1, 0.15) is 30.9 Å². The van der Waals surface area contributed by atoms with E-state index in [9.17, 15) is 13.2 Å². The van der Waals surface area contributed by atoms with Gasteiger partial charge in [-0.25, -0.2) is 8.42 Å². The Labute approximate surface area is 100 Å². The maximum absolute atomic E-state index is 12.0. The highest BCUT2D eigenvalue weighted by atomic mass is 32.2. The number of carboxylic acids is 1. The summed E-state index contributed by atoms with van der Waals surface area (Å²) in [5.41, 5.74) is 1.29. The number of hydrogen-bond donors (Lipinski definition) is 1. The SMILES string of the molecule is CC(C(=O)O)c1cccc2c1CC(C)S2(=O)=O. The molecule has 0 amide bonds. The second-order valence-corrected chi connectivity index (χ2v) is 6.78. The maximum atomic E-state index is 12.0. The zero-order valence-corrected chi connectivity index (χ0v) is 10.5. The number of fused-ring (bicyclic) bond motifs is 1. The minimum absolute atomic E-state index is 0.301. The van der Waals surface area contributed by atoms with E-state index in [1.165, 1.54) is 0 Å². The summed E-state index contributed by atoms with van der Waals surface area (Å²) in [4.78, 5) is 11.3. The van der Waals surface area contributed by atoms with E-state index in [0.717, 1.165) is 0 Å². The Balaban J connectivity index is 2.63. The highest BCUT2D eigenvalue weighted by Crippen LogP contribution is 2.36. The van der Waals surface area contributed by atoms with Crippen LogP contribution in [0.5, 0.6) is 0 Å². The fourth-order valence-electron chi connectivity index (χ4n) is 2.22. The Morgan fingerprint density at radius 3 is 2.71 bits per heavy atom. The second-order valence-electron chi connectivity index (χ2n) is 4.44. The van der Waals surface area contributed by atoms with Crippen molar-refractivity contribution in [2.75, 3.05) is 0 Å². The minimum Gasteiger partial charge on any atom is -0.481 e. The smallest absolute Gasteiger partial charge is 0.310 e. The van der Waals surface area contributed by atoms with Crippen LogP contribution in [0.2, 0.25) is 0 Å². The van der Waals surface area contributed by atoms with E-state index in [1.54, 1.807) is 32.0 Å². The first-order chi connectivity index (χ1) is 7.85. The maximum Gasteiger partial charge on any atom is 0.310 e. The molecule has 1 heterocycles. The van der Waals surface area contributed by atoms with Gasteiger partial charge < -0.3 is 5.11 Å². The van der Waals surface area contributed by atoms with Crippen molar-refractivity contribution in [3.63, 3.8) is 0 Å². The summed E-state index contributed by atoms with van der Waals surface area (Å²) >= 11 is 0. The molecule has 4 nitrogen and oxygen atoms in total. The van der Waals surface area contributed by atoms with Gasteiger partial charge in [0.05, 0.1) is 16.1 Å². The number of sulfone groups is 1. The molecule has 0 fully saturated rings. The number of carboxylic acid groups (broad SMARTS) is 1. The van der Waals surface area contributed by atoms with Gasteiger partial charge in [-0.1, -0.05) is 12.1 Å². The molecule has 0 radical (unpaired) electrons. The molecule has 1 N–H and O–H groups in total. The Morgan fingerprint density at radius 2 is 2.12 bits per heavy atom. The minimum atomic E-state index is -3.26. The number of hydrogen-bond acceptors (Lipinski definition) is 3. The fourth-order valence-corrected chi connectivity index (χ4v) is 3.85. The molecule has 1 aromatic carbocycles. The van der Waals surface area contributed by atoms with E-state index in [0.29, 0.717) is 22.4 Å². The van der Waals surface area contributed by atoms with Gasteiger partial charge in [-0.3, -0.25) is 4.79 Å². The first-order valence-electron chi connectivity index (χ1n) is 5.44. The largest absolute Gasteiger partial charge is 0.481 e. The van der Waals surface area contributed by atoms with Crippen molar-refractivity contribution < 1.29 is 18.3 Å². The third-order valence-corrected chi connectivity index (χ3v) is 5.56. The van der Waals surface area contributed by atoms with E-state index < -0.39 is 27.0 Å². The molecule has 1 aliphatic rings.